The van der Waals surface area contributed by atoms with Crippen LogP contribution in [0.25, 0.3) is 0 Å². The third-order valence-electron chi connectivity index (χ3n) is 2.62. The molecule has 0 saturated heterocycles. The van der Waals surface area contributed by atoms with Gasteiger partial charge in [-0.3, -0.25) is 4.79 Å². The fourth-order valence-corrected chi connectivity index (χ4v) is 1.87. The summed E-state index contributed by atoms with van der Waals surface area (Å²) in [4.78, 5) is 23.4. The van der Waals surface area contributed by atoms with Crippen LogP contribution in [-0.4, -0.2) is 18.5 Å². The molecule has 1 aromatic carbocycles. The van der Waals surface area contributed by atoms with Crippen LogP contribution in [0.5, 0.6) is 0 Å². The Labute approximate surface area is 130 Å². The quantitative estimate of drug-likeness (QED) is 0.869. The molecule has 0 saturated carbocycles. The summed E-state index contributed by atoms with van der Waals surface area (Å²) in [6, 6.07) is 6.13. The Morgan fingerprint density at radius 2 is 2.00 bits per heavy atom. The van der Waals surface area contributed by atoms with E-state index in [4.69, 9.17) is 32.4 Å². The van der Waals surface area contributed by atoms with Gasteiger partial charge in [-0.05, 0) is 31.2 Å². The molecule has 0 bridgehead atoms. The zero-order chi connectivity index (χ0) is 15.4. The number of furan rings is 1. The molecule has 1 aromatic heterocycles. The third-order valence-corrected chi connectivity index (χ3v) is 3.36. The van der Waals surface area contributed by atoms with Gasteiger partial charge in [-0.15, -0.1) is 0 Å². The Morgan fingerprint density at radius 3 is 2.62 bits per heavy atom. The molecule has 0 spiro atoms. The van der Waals surface area contributed by atoms with Gasteiger partial charge in [0.05, 0.1) is 16.3 Å². The van der Waals surface area contributed by atoms with E-state index in [-0.39, 0.29) is 5.56 Å². The fourth-order valence-electron chi connectivity index (χ4n) is 1.58. The molecule has 0 unspecified atom stereocenters. The molecule has 0 aliphatic heterocycles. The van der Waals surface area contributed by atoms with E-state index in [9.17, 15) is 9.59 Å². The van der Waals surface area contributed by atoms with Crippen molar-refractivity contribution >= 4 is 40.8 Å². The van der Waals surface area contributed by atoms with Gasteiger partial charge >= 0.3 is 5.97 Å². The number of anilines is 1. The highest BCUT2D eigenvalue weighted by Crippen LogP contribution is 2.24. The highest BCUT2D eigenvalue weighted by Gasteiger charge is 2.14. The van der Waals surface area contributed by atoms with Gasteiger partial charge in [0.1, 0.15) is 11.3 Å². The number of carbonyl (C=O) groups excluding carboxylic acids is 2. The van der Waals surface area contributed by atoms with Gasteiger partial charge in [0, 0.05) is 5.69 Å². The molecular formula is C14H11Cl2NO4. The smallest absolute Gasteiger partial charge is 0.342 e. The van der Waals surface area contributed by atoms with Crippen LogP contribution in [0.3, 0.4) is 0 Å². The second-order valence-electron chi connectivity index (χ2n) is 4.14. The highest BCUT2D eigenvalue weighted by molar-refractivity contribution is 6.42. The minimum Gasteiger partial charge on any atom is -0.469 e. The summed E-state index contributed by atoms with van der Waals surface area (Å²) in [7, 11) is 0. The number of hydrogen-bond acceptors (Lipinski definition) is 4. The van der Waals surface area contributed by atoms with Crippen molar-refractivity contribution < 1.29 is 18.7 Å². The van der Waals surface area contributed by atoms with Crippen molar-refractivity contribution in [2.24, 2.45) is 0 Å². The second-order valence-corrected chi connectivity index (χ2v) is 4.96. The summed E-state index contributed by atoms with van der Waals surface area (Å²) in [6.07, 6.45) is 1.38. The Hall–Kier alpha value is -1.98. The van der Waals surface area contributed by atoms with Gasteiger partial charge in [-0.2, -0.15) is 0 Å². The van der Waals surface area contributed by atoms with Crippen molar-refractivity contribution in [3.8, 4) is 0 Å². The molecule has 110 valence electrons. The van der Waals surface area contributed by atoms with Crippen molar-refractivity contribution in [2.45, 2.75) is 6.92 Å². The number of halogens is 2. The number of nitrogens with one attached hydrogen (secondary N) is 1. The molecular weight excluding hydrogens is 317 g/mol. The van der Waals surface area contributed by atoms with E-state index in [1.54, 1.807) is 19.1 Å². The summed E-state index contributed by atoms with van der Waals surface area (Å²) >= 11 is 11.6. The predicted octanol–water partition coefficient (Wildman–Crippen LogP) is 3.69. The summed E-state index contributed by atoms with van der Waals surface area (Å²) < 4.78 is 9.87. The average Bonchev–Trinajstić information content (AvgIpc) is 2.86. The Balaban J connectivity index is 1.89. The summed E-state index contributed by atoms with van der Waals surface area (Å²) in [6.45, 7) is 1.22. The summed E-state index contributed by atoms with van der Waals surface area (Å²) in [5, 5.41) is 3.25. The molecule has 0 aliphatic rings. The van der Waals surface area contributed by atoms with Crippen LogP contribution in [0.4, 0.5) is 5.69 Å². The van der Waals surface area contributed by atoms with Crippen LogP contribution in [0.2, 0.25) is 10.0 Å². The Kier molecular flexibility index (Phi) is 4.88. The number of carbonyl (C=O) groups is 2. The molecule has 7 heteroatoms. The van der Waals surface area contributed by atoms with E-state index in [1.807, 2.05) is 0 Å². The highest BCUT2D eigenvalue weighted by atomic mass is 35.5. The van der Waals surface area contributed by atoms with Crippen molar-refractivity contribution in [3.05, 3.63) is 51.9 Å². The van der Waals surface area contributed by atoms with E-state index in [1.165, 1.54) is 18.4 Å². The first kappa shape index (κ1) is 15.4. The van der Waals surface area contributed by atoms with Gasteiger partial charge in [0.25, 0.3) is 5.91 Å². The molecule has 21 heavy (non-hydrogen) atoms. The maximum Gasteiger partial charge on any atom is 0.342 e. The first-order chi connectivity index (χ1) is 9.97. The van der Waals surface area contributed by atoms with Crippen LogP contribution < -0.4 is 5.32 Å². The van der Waals surface area contributed by atoms with Crippen molar-refractivity contribution in [2.75, 3.05) is 11.9 Å². The van der Waals surface area contributed by atoms with E-state index < -0.39 is 18.5 Å². The lowest BCUT2D eigenvalue weighted by Crippen LogP contribution is -2.21. The number of esters is 1. The van der Waals surface area contributed by atoms with Crippen molar-refractivity contribution in [1.29, 1.82) is 0 Å². The van der Waals surface area contributed by atoms with Crippen LogP contribution in [0.15, 0.2) is 34.9 Å². The average molecular weight is 328 g/mol. The maximum absolute atomic E-state index is 11.7. The van der Waals surface area contributed by atoms with Crippen LogP contribution >= 0.6 is 23.2 Å². The predicted molar refractivity (Wildman–Crippen MR) is 78.8 cm³/mol. The monoisotopic (exact) mass is 327 g/mol. The lowest BCUT2D eigenvalue weighted by molar-refractivity contribution is -0.119. The number of benzene rings is 1. The lowest BCUT2D eigenvalue weighted by atomic mass is 10.3. The van der Waals surface area contributed by atoms with Gasteiger partial charge in [0.15, 0.2) is 6.61 Å². The van der Waals surface area contributed by atoms with Gasteiger partial charge in [0.2, 0.25) is 0 Å². The first-order valence-electron chi connectivity index (χ1n) is 5.93. The zero-order valence-electron chi connectivity index (χ0n) is 11.0. The van der Waals surface area contributed by atoms with E-state index >= 15 is 0 Å². The largest absolute Gasteiger partial charge is 0.469 e. The topological polar surface area (TPSA) is 68.5 Å². The van der Waals surface area contributed by atoms with Gasteiger partial charge in [-0.25, -0.2) is 4.79 Å². The number of aryl methyl sites for hydroxylation is 1. The molecule has 0 atom stereocenters. The first-order valence-corrected chi connectivity index (χ1v) is 6.69. The second kappa shape index (κ2) is 6.65. The van der Waals surface area contributed by atoms with E-state index in [2.05, 4.69) is 5.32 Å². The van der Waals surface area contributed by atoms with Crippen LogP contribution in [0, 0.1) is 6.92 Å². The lowest BCUT2D eigenvalue weighted by Gasteiger charge is -2.07. The maximum atomic E-state index is 11.7. The van der Waals surface area contributed by atoms with E-state index in [0.717, 1.165) is 0 Å². The van der Waals surface area contributed by atoms with Gasteiger partial charge < -0.3 is 14.5 Å². The Morgan fingerprint density at radius 1 is 1.24 bits per heavy atom. The minimum atomic E-state index is -0.620. The molecule has 2 aromatic rings. The normalized spacial score (nSPS) is 10.2. The zero-order valence-corrected chi connectivity index (χ0v) is 12.5. The SMILES string of the molecule is Cc1occc1C(=O)OCC(=O)Nc1ccc(Cl)c(Cl)c1. The van der Waals surface area contributed by atoms with Crippen molar-refractivity contribution in [3.63, 3.8) is 0 Å². The number of rotatable bonds is 4. The molecule has 1 heterocycles. The molecule has 1 amide bonds. The van der Waals surface area contributed by atoms with E-state index in [0.29, 0.717) is 21.5 Å². The molecule has 1 N–H and O–H groups in total. The molecule has 0 aliphatic carbocycles. The molecule has 2 rings (SSSR count). The minimum absolute atomic E-state index is 0.289. The molecule has 0 radical (unpaired) electrons. The summed E-state index contributed by atoms with van der Waals surface area (Å²) in [5.74, 6) is -0.668. The van der Waals surface area contributed by atoms with Gasteiger partial charge in [-0.1, -0.05) is 23.2 Å². The number of ether oxygens (including phenoxy) is 1. The third kappa shape index (κ3) is 4.00. The van der Waals surface area contributed by atoms with Crippen LogP contribution in [0.1, 0.15) is 16.1 Å². The molecule has 5 nitrogen and oxygen atoms in total. The summed E-state index contributed by atoms with van der Waals surface area (Å²) in [5.41, 5.74) is 0.752. The molecule has 0 fully saturated rings. The Bertz CT molecular complexity index is 681. The van der Waals surface area contributed by atoms with Crippen LogP contribution in [-0.2, 0) is 9.53 Å². The number of amides is 1. The number of hydrogen-bond donors (Lipinski definition) is 1. The standard InChI is InChI=1S/C14H11Cl2NO4/c1-8-10(4-5-20-8)14(19)21-7-13(18)17-9-2-3-11(15)12(16)6-9/h2-6H,7H2,1H3,(H,17,18). The fraction of sp³-hybridized carbons (Fsp3) is 0.143. The van der Waals surface area contributed by atoms with Crippen molar-refractivity contribution in [1.82, 2.24) is 0 Å².